The minimum Gasteiger partial charge on any atom is -0.396 e. The molecule has 0 spiro atoms. The Hall–Kier alpha value is -1.55. The summed E-state index contributed by atoms with van der Waals surface area (Å²) in [5, 5.41) is 15.3. The van der Waals surface area contributed by atoms with Gasteiger partial charge in [-0.3, -0.25) is 4.79 Å². The Kier molecular flexibility index (Phi) is 3.57. The highest BCUT2D eigenvalue weighted by atomic mass is 16.3. The van der Waals surface area contributed by atoms with Gasteiger partial charge in [-0.2, -0.15) is 0 Å². The molecule has 1 atom stereocenters. The maximum absolute atomic E-state index is 12.0. The summed E-state index contributed by atoms with van der Waals surface area (Å²) in [6, 6.07) is 7.77. The zero-order valence-electron chi connectivity index (χ0n) is 10.9. The number of carbonyl (C=O) groups is 1. The van der Waals surface area contributed by atoms with E-state index in [9.17, 15) is 4.79 Å². The molecule has 98 valence electrons. The molecule has 1 amide bonds. The average molecular weight is 248 g/mol. The highest BCUT2D eigenvalue weighted by Crippen LogP contribution is 2.25. The number of benzene rings is 1. The molecule has 0 saturated carbocycles. The average Bonchev–Trinajstić information content (AvgIpc) is 2.80. The second kappa shape index (κ2) is 4.98. The van der Waals surface area contributed by atoms with Crippen LogP contribution in [0.25, 0.3) is 0 Å². The number of nitrogens with one attached hydrogen (secondary N) is 2. The third kappa shape index (κ3) is 2.82. The Balaban J connectivity index is 1.90. The Labute approximate surface area is 107 Å². The van der Waals surface area contributed by atoms with E-state index in [-0.39, 0.29) is 24.0 Å². The van der Waals surface area contributed by atoms with Gasteiger partial charge < -0.3 is 15.7 Å². The molecule has 1 aromatic carbocycles. The van der Waals surface area contributed by atoms with Gasteiger partial charge in [0.05, 0.1) is 0 Å². The first-order valence-electron chi connectivity index (χ1n) is 6.25. The molecule has 0 aromatic heterocycles. The Morgan fingerprint density at radius 1 is 1.50 bits per heavy atom. The van der Waals surface area contributed by atoms with Crippen LogP contribution in [0.3, 0.4) is 0 Å². The molecule has 1 unspecified atom stereocenters. The van der Waals surface area contributed by atoms with Crippen molar-refractivity contribution in [2.45, 2.75) is 26.3 Å². The molecule has 4 nitrogen and oxygen atoms in total. The fourth-order valence-corrected chi connectivity index (χ4v) is 1.96. The summed E-state index contributed by atoms with van der Waals surface area (Å²) < 4.78 is 0. The predicted molar refractivity (Wildman–Crippen MR) is 71.4 cm³/mol. The van der Waals surface area contributed by atoms with Gasteiger partial charge in [0.1, 0.15) is 6.04 Å². The number of hydrogen-bond acceptors (Lipinski definition) is 3. The molecular formula is C14H20N2O2. The molecule has 0 aliphatic carbocycles. The first kappa shape index (κ1) is 12.9. The highest BCUT2D eigenvalue weighted by Gasteiger charge is 2.27. The summed E-state index contributed by atoms with van der Waals surface area (Å²) in [4.78, 5) is 12.0. The van der Waals surface area contributed by atoms with Gasteiger partial charge in [-0.25, -0.2) is 0 Å². The lowest BCUT2D eigenvalue weighted by molar-refractivity contribution is -0.122. The molecule has 3 N–H and O–H groups in total. The maximum Gasteiger partial charge on any atom is 0.242 e. The van der Waals surface area contributed by atoms with Gasteiger partial charge in [0.15, 0.2) is 0 Å². The Morgan fingerprint density at radius 2 is 2.22 bits per heavy atom. The maximum atomic E-state index is 12.0. The van der Waals surface area contributed by atoms with Crippen molar-refractivity contribution in [1.29, 1.82) is 0 Å². The van der Waals surface area contributed by atoms with Crippen LogP contribution in [0.1, 0.15) is 19.4 Å². The fourth-order valence-electron chi connectivity index (χ4n) is 1.96. The van der Waals surface area contributed by atoms with Crippen LogP contribution in [0.15, 0.2) is 24.3 Å². The van der Waals surface area contributed by atoms with Crippen LogP contribution in [-0.2, 0) is 11.2 Å². The molecule has 4 heteroatoms. The van der Waals surface area contributed by atoms with Crippen molar-refractivity contribution in [3.63, 3.8) is 0 Å². The van der Waals surface area contributed by atoms with Crippen LogP contribution in [0, 0.1) is 5.41 Å². The van der Waals surface area contributed by atoms with Crippen molar-refractivity contribution >= 4 is 11.6 Å². The Bertz CT molecular complexity index is 418. The third-order valence-corrected chi connectivity index (χ3v) is 3.26. The molecule has 0 radical (unpaired) electrons. The van der Waals surface area contributed by atoms with E-state index in [0.717, 1.165) is 12.1 Å². The first-order chi connectivity index (χ1) is 8.52. The minimum atomic E-state index is -0.277. The number of aliphatic hydroxyl groups excluding tert-OH is 1. The van der Waals surface area contributed by atoms with Crippen LogP contribution in [-0.4, -0.2) is 30.2 Å². The van der Waals surface area contributed by atoms with E-state index in [4.69, 9.17) is 5.11 Å². The molecule has 1 aliphatic heterocycles. The first-order valence-corrected chi connectivity index (χ1v) is 6.25. The summed E-state index contributed by atoms with van der Waals surface area (Å²) in [6.07, 6.45) is 0.724. The van der Waals surface area contributed by atoms with Crippen LogP contribution in [0.4, 0.5) is 5.69 Å². The van der Waals surface area contributed by atoms with E-state index in [1.54, 1.807) is 0 Å². The molecular weight excluding hydrogens is 228 g/mol. The standard InChI is InChI=1S/C14H20N2O2/c1-14(2,9-17)8-15-13(18)12-7-10-5-3-4-6-11(10)16-12/h3-6,12,16-17H,7-9H2,1-2H3,(H,15,18). The highest BCUT2D eigenvalue weighted by molar-refractivity contribution is 5.87. The smallest absolute Gasteiger partial charge is 0.242 e. The number of carbonyl (C=O) groups excluding carboxylic acids is 1. The van der Waals surface area contributed by atoms with Gasteiger partial charge in [0.25, 0.3) is 0 Å². The zero-order valence-corrected chi connectivity index (χ0v) is 10.9. The summed E-state index contributed by atoms with van der Waals surface area (Å²) >= 11 is 0. The number of anilines is 1. The van der Waals surface area contributed by atoms with E-state index >= 15 is 0 Å². The van der Waals surface area contributed by atoms with Gasteiger partial charge in [-0.05, 0) is 11.6 Å². The summed E-state index contributed by atoms with van der Waals surface area (Å²) in [6.45, 7) is 4.39. The molecule has 0 saturated heterocycles. The van der Waals surface area contributed by atoms with E-state index in [1.807, 2.05) is 38.1 Å². The second-order valence-electron chi connectivity index (χ2n) is 5.60. The van der Waals surface area contributed by atoms with Crippen molar-refractivity contribution in [2.75, 3.05) is 18.5 Å². The van der Waals surface area contributed by atoms with Crippen molar-refractivity contribution in [2.24, 2.45) is 5.41 Å². The molecule has 2 rings (SSSR count). The van der Waals surface area contributed by atoms with Crippen molar-refractivity contribution in [3.05, 3.63) is 29.8 Å². The van der Waals surface area contributed by atoms with Crippen molar-refractivity contribution in [3.8, 4) is 0 Å². The quantitative estimate of drug-likeness (QED) is 0.749. The van der Waals surface area contributed by atoms with E-state index < -0.39 is 0 Å². The lowest BCUT2D eigenvalue weighted by Crippen LogP contribution is -2.43. The number of rotatable bonds is 4. The topological polar surface area (TPSA) is 61.4 Å². The van der Waals surface area contributed by atoms with E-state index in [2.05, 4.69) is 10.6 Å². The summed E-state index contributed by atoms with van der Waals surface area (Å²) in [5.41, 5.74) is 1.94. The minimum absolute atomic E-state index is 0.00674. The summed E-state index contributed by atoms with van der Waals surface area (Å²) in [5.74, 6) is -0.00674. The lowest BCUT2D eigenvalue weighted by Gasteiger charge is -2.23. The molecule has 1 heterocycles. The third-order valence-electron chi connectivity index (χ3n) is 3.26. The van der Waals surface area contributed by atoms with Gasteiger partial charge >= 0.3 is 0 Å². The normalized spacial score (nSPS) is 18.1. The molecule has 1 aromatic rings. The van der Waals surface area contributed by atoms with Crippen LogP contribution in [0.2, 0.25) is 0 Å². The van der Waals surface area contributed by atoms with Crippen LogP contribution < -0.4 is 10.6 Å². The SMILES string of the molecule is CC(C)(CO)CNC(=O)C1Cc2ccccc2N1. The molecule has 18 heavy (non-hydrogen) atoms. The number of fused-ring (bicyclic) bond motifs is 1. The zero-order chi connectivity index (χ0) is 13.2. The molecule has 1 aliphatic rings. The molecule has 0 bridgehead atoms. The molecule has 0 fully saturated rings. The van der Waals surface area contributed by atoms with E-state index in [0.29, 0.717) is 6.54 Å². The lowest BCUT2D eigenvalue weighted by atomic mass is 9.95. The van der Waals surface area contributed by atoms with Crippen LogP contribution in [0.5, 0.6) is 0 Å². The Morgan fingerprint density at radius 3 is 2.89 bits per heavy atom. The van der Waals surface area contributed by atoms with E-state index in [1.165, 1.54) is 5.56 Å². The summed E-state index contributed by atoms with van der Waals surface area (Å²) in [7, 11) is 0. The van der Waals surface area contributed by atoms with Crippen LogP contribution >= 0.6 is 0 Å². The fraction of sp³-hybridized carbons (Fsp3) is 0.500. The number of hydrogen-bond donors (Lipinski definition) is 3. The number of amides is 1. The van der Waals surface area contributed by atoms with Gasteiger partial charge in [-0.1, -0.05) is 32.0 Å². The monoisotopic (exact) mass is 248 g/mol. The predicted octanol–water partition coefficient (Wildman–Crippen LogP) is 1.16. The second-order valence-corrected chi connectivity index (χ2v) is 5.60. The van der Waals surface area contributed by atoms with Crippen molar-refractivity contribution in [1.82, 2.24) is 5.32 Å². The number of aliphatic hydroxyl groups is 1. The van der Waals surface area contributed by atoms with Gasteiger partial charge in [-0.15, -0.1) is 0 Å². The number of para-hydroxylation sites is 1. The van der Waals surface area contributed by atoms with Gasteiger partial charge in [0, 0.05) is 30.7 Å². The van der Waals surface area contributed by atoms with Crippen molar-refractivity contribution < 1.29 is 9.90 Å². The van der Waals surface area contributed by atoms with Gasteiger partial charge in [0.2, 0.25) is 5.91 Å². The largest absolute Gasteiger partial charge is 0.396 e.